The minimum atomic E-state index is -0.112. The molecule has 0 aromatic carbocycles. The highest BCUT2D eigenvalue weighted by molar-refractivity contribution is 9.10. The summed E-state index contributed by atoms with van der Waals surface area (Å²) in [4.78, 5) is 24.4. The number of halogens is 1. The maximum atomic E-state index is 11.8. The largest absolute Gasteiger partial charge is 0.310 e. The van der Waals surface area contributed by atoms with Crippen LogP contribution in [0.15, 0.2) is 33.9 Å². The van der Waals surface area contributed by atoms with Crippen molar-refractivity contribution >= 4 is 39.4 Å². The normalized spacial score (nSPS) is 10.3. The van der Waals surface area contributed by atoms with Crippen LogP contribution in [0, 0.1) is 13.8 Å². The monoisotopic (exact) mass is 352 g/mol. The molecule has 20 heavy (non-hydrogen) atoms. The molecule has 2 aromatic heterocycles. The van der Waals surface area contributed by atoms with Crippen molar-refractivity contribution in [3.63, 3.8) is 0 Å². The van der Waals surface area contributed by atoms with E-state index in [0.717, 1.165) is 15.2 Å². The molecule has 5 nitrogen and oxygen atoms in total. The number of aryl methyl sites for hydroxylation is 2. The zero-order valence-electron chi connectivity index (χ0n) is 11.1. The van der Waals surface area contributed by atoms with Crippen LogP contribution >= 0.6 is 27.7 Å². The smallest absolute Gasteiger partial charge is 0.235 e. The van der Waals surface area contributed by atoms with Crippen LogP contribution in [-0.2, 0) is 4.79 Å². The summed E-state index contributed by atoms with van der Waals surface area (Å²) in [5.41, 5.74) is 0.898. The quantitative estimate of drug-likeness (QED) is 0.676. The van der Waals surface area contributed by atoms with Crippen LogP contribution in [0.25, 0.3) is 0 Å². The molecule has 0 fully saturated rings. The van der Waals surface area contributed by atoms with Crippen LogP contribution in [0.2, 0.25) is 0 Å². The minimum absolute atomic E-state index is 0.112. The molecule has 2 rings (SSSR count). The number of hydrogen-bond donors (Lipinski definition) is 1. The number of nitrogens with one attached hydrogen (secondary N) is 1. The average Bonchev–Trinajstić information content (AvgIpc) is 2.38. The van der Waals surface area contributed by atoms with Crippen LogP contribution in [0.3, 0.4) is 0 Å². The highest BCUT2D eigenvalue weighted by atomic mass is 79.9. The third-order valence-electron chi connectivity index (χ3n) is 2.29. The Morgan fingerprint density at radius 1 is 1.35 bits per heavy atom. The first-order valence-corrected chi connectivity index (χ1v) is 7.67. The molecule has 0 aliphatic heterocycles. The van der Waals surface area contributed by atoms with Crippen molar-refractivity contribution in [1.29, 1.82) is 0 Å². The molecular weight excluding hydrogens is 340 g/mol. The summed E-state index contributed by atoms with van der Waals surface area (Å²) in [5, 5.41) is 3.53. The SMILES string of the molecule is Cc1cc(SCC(=O)Nc2ccc(Br)cn2)nc(C)n1. The number of carbonyl (C=O) groups is 1. The van der Waals surface area contributed by atoms with Gasteiger partial charge in [-0.3, -0.25) is 4.79 Å². The Labute approximate surface area is 129 Å². The Balaban J connectivity index is 1.90. The van der Waals surface area contributed by atoms with E-state index in [-0.39, 0.29) is 11.7 Å². The summed E-state index contributed by atoms with van der Waals surface area (Å²) in [5.74, 6) is 1.42. The molecule has 1 N–H and O–H groups in total. The number of aromatic nitrogens is 3. The highest BCUT2D eigenvalue weighted by Crippen LogP contribution is 2.17. The third-order valence-corrected chi connectivity index (χ3v) is 3.67. The number of hydrogen-bond acceptors (Lipinski definition) is 5. The van der Waals surface area contributed by atoms with Crippen LogP contribution < -0.4 is 5.32 Å². The molecular formula is C13H13BrN4OS. The maximum absolute atomic E-state index is 11.8. The fourth-order valence-corrected chi connectivity index (χ4v) is 2.56. The van der Waals surface area contributed by atoms with Gasteiger partial charge in [0.25, 0.3) is 0 Å². The summed E-state index contributed by atoms with van der Waals surface area (Å²) in [6.07, 6.45) is 1.64. The van der Waals surface area contributed by atoms with E-state index in [1.54, 1.807) is 12.3 Å². The van der Waals surface area contributed by atoms with E-state index >= 15 is 0 Å². The highest BCUT2D eigenvalue weighted by Gasteiger charge is 2.06. The lowest BCUT2D eigenvalue weighted by Crippen LogP contribution is -2.15. The van der Waals surface area contributed by atoms with E-state index < -0.39 is 0 Å². The Kier molecular flexibility index (Phi) is 5.08. The van der Waals surface area contributed by atoms with Crippen molar-refractivity contribution in [3.8, 4) is 0 Å². The van der Waals surface area contributed by atoms with Crippen molar-refractivity contribution in [2.75, 3.05) is 11.1 Å². The molecule has 7 heteroatoms. The number of amides is 1. The van der Waals surface area contributed by atoms with Crippen LogP contribution in [0.5, 0.6) is 0 Å². The molecule has 0 aliphatic carbocycles. The van der Waals surface area contributed by atoms with Gasteiger partial charge in [-0.1, -0.05) is 11.8 Å². The molecule has 0 aliphatic rings. The molecule has 0 atom stereocenters. The van der Waals surface area contributed by atoms with Gasteiger partial charge in [-0.25, -0.2) is 15.0 Å². The molecule has 0 spiro atoms. The van der Waals surface area contributed by atoms with E-state index in [9.17, 15) is 4.79 Å². The number of nitrogens with zero attached hydrogens (tertiary/aromatic N) is 3. The van der Waals surface area contributed by atoms with Gasteiger partial charge in [-0.15, -0.1) is 0 Å². The van der Waals surface area contributed by atoms with E-state index in [1.807, 2.05) is 26.0 Å². The van der Waals surface area contributed by atoms with Gasteiger partial charge in [0.1, 0.15) is 16.7 Å². The number of anilines is 1. The zero-order valence-corrected chi connectivity index (χ0v) is 13.5. The standard InChI is InChI=1S/C13H13BrN4OS/c1-8-5-13(17-9(2)16-8)20-7-12(19)18-11-4-3-10(14)6-15-11/h3-6H,7H2,1-2H3,(H,15,18,19). The van der Waals surface area contributed by atoms with Gasteiger partial charge in [-0.2, -0.15) is 0 Å². The Morgan fingerprint density at radius 2 is 2.15 bits per heavy atom. The Hall–Kier alpha value is -1.47. The van der Waals surface area contributed by atoms with Crippen molar-refractivity contribution in [2.24, 2.45) is 0 Å². The van der Waals surface area contributed by atoms with Crippen molar-refractivity contribution in [1.82, 2.24) is 15.0 Å². The van der Waals surface area contributed by atoms with Gasteiger partial charge in [0.15, 0.2) is 0 Å². The topological polar surface area (TPSA) is 67.8 Å². The molecule has 2 heterocycles. The van der Waals surface area contributed by atoms with E-state index in [1.165, 1.54) is 11.8 Å². The molecule has 0 saturated heterocycles. The molecule has 2 aromatic rings. The second-order valence-electron chi connectivity index (χ2n) is 4.09. The number of rotatable bonds is 4. The van der Waals surface area contributed by atoms with E-state index in [4.69, 9.17) is 0 Å². The fourth-order valence-electron chi connectivity index (χ4n) is 1.53. The van der Waals surface area contributed by atoms with Crippen LogP contribution in [0.1, 0.15) is 11.5 Å². The number of thioether (sulfide) groups is 1. The minimum Gasteiger partial charge on any atom is -0.310 e. The van der Waals surface area contributed by atoms with E-state index in [2.05, 4.69) is 36.2 Å². The Morgan fingerprint density at radius 3 is 2.80 bits per heavy atom. The second-order valence-corrected chi connectivity index (χ2v) is 6.00. The Bertz CT molecular complexity index is 598. The lowest BCUT2D eigenvalue weighted by Gasteiger charge is -2.05. The molecule has 0 radical (unpaired) electrons. The summed E-state index contributed by atoms with van der Waals surface area (Å²) in [7, 11) is 0. The van der Waals surface area contributed by atoms with Crippen LogP contribution in [0.4, 0.5) is 5.82 Å². The number of pyridine rings is 1. The fraction of sp³-hybridized carbons (Fsp3) is 0.231. The van der Waals surface area contributed by atoms with Gasteiger partial charge in [-0.05, 0) is 48.0 Å². The van der Waals surface area contributed by atoms with Gasteiger partial charge in [0.2, 0.25) is 5.91 Å². The maximum Gasteiger partial charge on any atom is 0.235 e. The molecule has 0 saturated carbocycles. The third kappa shape index (κ3) is 4.57. The predicted octanol–water partition coefficient (Wildman–Crippen LogP) is 2.98. The average molecular weight is 353 g/mol. The van der Waals surface area contributed by atoms with Crippen molar-refractivity contribution in [3.05, 3.63) is 40.4 Å². The van der Waals surface area contributed by atoms with Crippen molar-refractivity contribution < 1.29 is 4.79 Å². The summed E-state index contributed by atoms with van der Waals surface area (Å²) in [6.45, 7) is 3.74. The molecule has 0 bridgehead atoms. The lowest BCUT2D eigenvalue weighted by molar-refractivity contribution is -0.113. The van der Waals surface area contributed by atoms with Gasteiger partial charge in [0, 0.05) is 16.4 Å². The summed E-state index contributed by atoms with van der Waals surface area (Å²) >= 11 is 4.67. The molecule has 0 unspecified atom stereocenters. The molecule has 1 amide bonds. The summed E-state index contributed by atoms with van der Waals surface area (Å²) in [6, 6.07) is 5.43. The van der Waals surface area contributed by atoms with Crippen LogP contribution in [-0.4, -0.2) is 26.6 Å². The van der Waals surface area contributed by atoms with Gasteiger partial charge in [0.05, 0.1) is 5.75 Å². The zero-order chi connectivity index (χ0) is 14.5. The van der Waals surface area contributed by atoms with E-state index in [0.29, 0.717) is 11.6 Å². The van der Waals surface area contributed by atoms with Crippen molar-refractivity contribution in [2.45, 2.75) is 18.9 Å². The summed E-state index contributed by atoms with van der Waals surface area (Å²) < 4.78 is 0.872. The first kappa shape index (κ1) is 14.9. The van der Waals surface area contributed by atoms with Gasteiger partial charge < -0.3 is 5.32 Å². The van der Waals surface area contributed by atoms with Gasteiger partial charge >= 0.3 is 0 Å². The first-order valence-electron chi connectivity index (χ1n) is 5.89. The number of carbonyl (C=O) groups excluding carboxylic acids is 1. The molecule has 104 valence electrons. The second kappa shape index (κ2) is 6.81. The lowest BCUT2D eigenvalue weighted by atomic mass is 10.4. The first-order chi connectivity index (χ1) is 9.52. The predicted molar refractivity (Wildman–Crippen MR) is 82.8 cm³/mol.